The zero-order valence-electron chi connectivity index (χ0n) is 15.6. The van der Waals surface area contributed by atoms with Crippen molar-refractivity contribution in [2.24, 2.45) is 0 Å². The van der Waals surface area contributed by atoms with E-state index in [0.717, 1.165) is 16.5 Å². The number of hydrogen-bond acceptors (Lipinski definition) is 3. The van der Waals surface area contributed by atoms with Gasteiger partial charge in [-0.3, -0.25) is 4.79 Å². The van der Waals surface area contributed by atoms with Crippen molar-refractivity contribution >= 4 is 34.3 Å². The van der Waals surface area contributed by atoms with Crippen LogP contribution in [-0.4, -0.2) is 21.8 Å². The molecule has 0 aliphatic heterocycles. The average molecular weight is 359 g/mol. The van der Waals surface area contributed by atoms with Gasteiger partial charge in [0.05, 0.1) is 16.8 Å². The van der Waals surface area contributed by atoms with Crippen LogP contribution in [0.2, 0.25) is 0 Å². The Morgan fingerprint density at radius 1 is 0.926 bits per heavy atom. The lowest BCUT2D eigenvalue weighted by molar-refractivity contribution is -0.146. The van der Waals surface area contributed by atoms with Crippen LogP contribution in [0.15, 0.2) is 60.7 Å². The maximum Gasteiger partial charge on any atom is 0.377 e. The van der Waals surface area contributed by atoms with Gasteiger partial charge in [-0.05, 0) is 34.8 Å². The van der Waals surface area contributed by atoms with Crippen molar-refractivity contribution in [2.45, 2.75) is 26.2 Å². The predicted molar refractivity (Wildman–Crippen MR) is 107 cm³/mol. The summed E-state index contributed by atoms with van der Waals surface area (Å²) >= 11 is 0. The van der Waals surface area contributed by atoms with Crippen molar-refractivity contribution in [1.29, 1.82) is 0 Å². The van der Waals surface area contributed by atoms with Crippen LogP contribution in [0.5, 0.6) is 0 Å². The van der Waals surface area contributed by atoms with E-state index in [1.807, 2.05) is 54.6 Å². The predicted octanol–water partition coefficient (Wildman–Crippen LogP) is 4.73. The standard InChI is InChI=1S/C23H21NO3/c1-23(2,3)17-11-8-15(9-12-17)14-18(21(25)22(26)27)20-13-10-16-6-4-5-7-19(16)24-20/h4-14H,1-3H3,(H,26,27)/b18-14-. The van der Waals surface area contributed by atoms with Gasteiger partial charge in [-0.25, -0.2) is 9.78 Å². The molecule has 0 bridgehead atoms. The number of para-hydroxylation sites is 1. The molecule has 1 aromatic heterocycles. The van der Waals surface area contributed by atoms with Crippen molar-refractivity contribution in [1.82, 2.24) is 4.98 Å². The highest BCUT2D eigenvalue weighted by molar-refractivity contribution is 6.52. The molecule has 0 aliphatic carbocycles. The molecule has 0 amide bonds. The molecule has 0 atom stereocenters. The first-order valence-electron chi connectivity index (χ1n) is 8.72. The molecule has 1 N–H and O–H groups in total. The lowest BCUT2D eigenvalue weighted by Crippen LogP contribution is -2.15. The highest BCUT2D eigenvalue weighted by atomic mass is 16.4. The summed E-state index contributed by atoms with van der Waals surface area (Å²) in [6.45, 7) is 6.36. The second kappa shape index (κ2) is 7.16. The fourth-order valence-corrected chi connectivity index (χ4v) is 2.83. The third kappa shape index (κ3) is 4.11. The third-order valence-corrected chi connectivity index (χ3v) is 4.40. The molecule has 0 fully saturated rings. The number of carbonyl (C=O) groups is 2. The van der Waals surface area contributed by atoms with Gasteiger partial charge in [0.25, 0.3) is 5.78 Å². The summed E-state index contributed by atoms with van der Waals surface area (Å²) in [5.41, 5.74) is 3.05. The molecule has 3 aromatic rings. The Balaban J connectivity index is 2.09. The molecular formula is C23H21NO3. The molecule has 0 saturated carbocycles. The smallest absolute Gasteiger partial charge is 0.377 e. The van der Waals surface area contributed by atoms with Gasteiger partial charge in [-0.1, -0.05) is 69.3 Å². The Kier molecular flexibility index (Phi) is 4.91. The van der Waals surface area contributed by atoms with Gasteiger partial charge < -0.3 is 5.11 Å². The second-order valence-electron chi connectivity index (χ2n) is 7.45. The largest absolute Gasteiger partial charge is 0.475 e. The minimum absolute atomic E-state index is 0.0157. The first-order chi connectivity index (χ1) is 12.8. The molecule has 2 aromatic carbocycles. The van der Waals surface area contributed by atoms with Crippen LogP contribution in [0, 0.1) is 0 Å². The molecule has 0 unspecified atom stereocenters. The molecule has 0 radical (unpaired) electrons. The maximum absolute atomic E-state index is 12.3. The van der Waals surface area contributed by atoms with Gasteiger partial charge in [0, 0.05) is 5.39 Å². The van der Waals surface area contributed by atoms with Crippen LogP contribution >= 0.6 is 0 Å². The maximum atomic E-state index is 12.3. The second-order valence-corrected chi connectivity index (χ2v) is 7.45. The van der Waals surface area contributed by atoms with E-state index >= 15 is 0 Å². The van der Waals surface area contributed by atoms with Crippen LogP contribution in [0.3, 0.4) is 0 Å². The van der Waals surface area contributed by atoms with E-state index in [0.29, 0.717) is 11.2 Å². The minimum Gasteiger partial charge on any atom is -0.475 e. The van der Waals surface area contributed by atoms with Crippen molar-refractivity contribution in [2.75, 3.05) is 0 Å². The monoisotopic (exact) mass is 359 g/mol. The van der Waals surface area contributed by atoms with Gasteiger partial charge in [0.1, 0.15) is 0 Å². The highest BCUT2D eigenvalue weighted by Gasteiger charge is 2.21. The lowest BCUT2D eigenvalue weighted by atomic mass is 9.86. The Bertz CT molecular complexity index is 1040. The van der Waals surface area contributed by atoms with Crippen LogP contribution in [0.1, 0.15) is 37.6 Å². The topological polar surface area (TPSA) is 67.3 Å². The summed E-state index contributed by atoms with van der Waals surface area (Å²) in [7, 11) is 0. The molecule has 27 heavy (non-hydrogen) atoms. The molecule has 4 heteroatoms. The quantitative estimate of drug-likeness (QED) is 0.540. The summed E-state index contributed by atoms with van der Waals surface area (Å²) in [6, 6.07) is 18.8. The lowest BCUT2D eigenvalue weighted by Gasteiger charge is -2.18. The van der Waals surface area contributed by atoms with E-state index in [1.54, 1.807) is 12.1 Å². The summed E-state index contributed by atoms with van der Waals surface area (Å²) in [4.78, 5) is 28.1. The van der Waals surface area contributed by atoms with Crippen molar-refractivity contribution in [3.63, 3.8) is 0 Å². The van der Waals surface area contributed by atoms with Gasteiger partial charge in [-0.2, -0.15) is 0 Å². The van der Waals surface area contributed by atoms with Crippen molar-refractivity contribution < 1.29 is 14.7 Å². The van der Waals surface area contributed by atoms with E-state index in [2.05, 4.69) is 25.8 Å². The first kappa shape index (κ1) is 18.5. The number of carboxylic acid groups (broad SMARTS) is 1. The number of fused-ring (bicyclic) bond motifs is 1. The van der Waals surface area contributed by atoms with Crippen LogP contribution in [0.25, 0.3) is 22.6 Å². The van der Waals surface area contributed by atoms with E-state index in [9.17, 15) is 14.7 Å². The van der Waals surface area contributed by atoms with Crippen LogP contribution in [0.4, 0.5) is 0 Å². The number of hydrogen-bond donors (Lipinski definition) is 1. The molecule has 3 rings (SSSR count). The van der Waals surface area contributed by atoms with Crippen LogP contribution in [-0.2, 0) is 15.0 Å². The number of rotatable bonds is 4. The van der Waals surface area contributed by atoms with Gasteiger partial charge in [0.2, 0.25) is 0 Å². The number of pyridine rings is 1. The first-order valence-corrected chi connectivity index (χ1v) is 8.72. The number of carbonyl (C=O) groups excluding carboxylic acids is 1. The van der Waals surface area contributed by atoms with E-state index in [4.69, 9.17) is 0 Å². The SMILES string of the molecule is CC(C)(C)c1ccc(/C=C(\C(=O)C(=O)O)c2ccc3ccccc3n2)cc1. The summed E-state index contributed by atoms with van der Waals surface area (Å²) in [5, 5.41) is 10.2. The Morgan fingerprint density at radius 3 is 2.22 bits per heavy atom. The Labute approximate surface area is 158 Å². The van der Waals surface area contributed by atoms with E-state index in [1.165, 1.54) is 0 Å². The number of nitrogens with zero attached hydrogens (tertiary/aromatic N) is 1. The van der Waals surface area contributed by atoms with E-state index < -0.39 is 11.8 Å². The molecule has 136 valence electrons. The highest BCUT2D eigenvalue weighted by Crippen LogP contribution is 2.25. The van der Waals surface area contributed by atoms with Gasteiger partial charge in [0.15, 0.2) is 0 Å². The number of Topliss-reactive ketones (excluding diaryl/α,β-unsaturated/α-hetero) is 1. The third-order valence-electron chi connectivity index (χ3n) is 4.40. The minimum atomic E-state index is -1.50. The zero-order chi connectivity index (χ0) is 19.6. The summed E-state index contributed by atoms with van der Waals surface area (Å²) in [6.07, 6.45) is 1.58. The van der Waals surface area contributed by atoms with E-state index in [-0.39, 0.29) is 11.0 Å². The van der Waals surface area contributed by atoms with Crippen molar-refractivity contribution in [3.05, 3.63) is 77.5 Å². The summed E-state index contributed by atoms with van der Waals surface area (Å²) in [5.74, 6) is -2.47. The summed E-state index contributed by atoms with van der Waals surface area (Å²) < 4.78 is 0. The van der Waals surface area contributed by atoms with Gasteiger partial charge >= 0.3 is 5.97 Å². The Hall–Kier alpha value is -3.27. The van der Waals surface area contributed by atoms with Crippen LogP contribution < -0.4 is 0 Å². The molecule has 4 nitrogen and oxygen atoms in total. The molecule has 0 spiro atoms. The molecular weight excluding hydrogens is 338 g/mol. The number of aliphatic carboxylic acids is 1. The average Bonchev–Trinajstić information content (AvgIpc) is 2.64. The Morgan fingerprint density at radius 2 is 1.59 bits per heavy atom. The molecule has 1 heterocycles. The van der Waals surface area contributed by atoms with Crippen molar-refractivity contribution in [3.8, 4) is 0 Å². The van der Waals surface area contributed by atoms with Gasteiger partial charge in [-0.15, -0.1) is 0 Å². The number of ketones is 1. The zero-order valence-corrected chi connectivity index (χ0v) is 15.6. The number of carboxylic acids is 1. The normalized spacial score (nSPS) is 12.2. The fraction of sp³-hybridized carbons (Fsp3) is 0.174. The number of benzene rings is 2. The number of aromatic nitrogens is 1. The fourth-order valence-electron chi connectivity index (χ4n) is 2.83. The molecule has 0 saturated heterocycles. The molecule has 0 aliphatic rings.